The lowest BCUT2D eigenvalue weighted by Crippen LogP contribution is -2.61. The summed E-state index contributed by atoms with van der Waals surface area (Å²) in [6, 6.07) is 6.91. The van der Waals surface area contributed by atoms with Gasteiger partial charge < -0.3 is 133 Å². The number of aliphatic carboxylic acids is 2. The van der Waals surface area contributed by atoms with Crippen molar-refractivity contribution in [2.24, 2.45) is 11.3 Å². The highest BCUT2D eigenvalue weighted by molar-refractivity contribution is 6.12. The number of methoxy groups -OCH3 is 1. The van der Waals surface area contributed by atoms with E-state index in [9.17, 15) is 78.3 Å². The number of carbonyl (C=O) groups excluding carboxylic acids is 9. The van der Waals surface area contributed by atoms with Crippen LogP contribution in [0.15, 0.2) is 66.3 Å². The highest BCUT2D eigenvalue weighted by atomic mass is 16.7. The number of hydrogen-bond donors (Lipinski definition) is 12. The van der Waals surface area contributed by atoms with Gasteiger partial charge in [0.25, 0.3) is 11.8 Å². The van der Waals surface area contributed by atoms with E-state index in [-0.39, 0.29) is 100 Å². The molecule has 700 valence electrons. The van der Waals surface area contributed by atoms with Crippen LogP contribution >= 0.6 is 0 Å². The lowest BCUT2D eigenvalue weighted by Gasteiger charge is -2.40. The molecular formula is C84H133N9O31. The van der Waals surface area contributed by atoms with Crippen LogP contribution in [-0.4, -0.2) is 348 Å². The second-order valence-corrected chi connectivity index (χ2v) is 30.9. The van der Waals surface area contributed by atoms with E-state index >= 15 is 0 Å². The van der Waals surface area contributed by atoms with Crippen molar-refractivity contribution in [2.45, 2.75) is 167 Å². The van der Waals surface area contributed by atoms with E-state index in [1.165, 1.54) is 48.3 Å². The third-order valence-corrected chi connectivity index (χ3v) is 19.4. The smallest absolute Gasteiger partial charge is 0.411 e. The number of carbonyl (C=O) groups is 11. The number of aliphatic hydroxyl groups is 3. The fourth-order valence-electron chi connectivity index (χ4n) is 12.3. The van der Waals surface area contributed by atoms with Gasteiger partial charge in [-0.1, -0.05) is 79.2 Å². The van der Waals surface area contributed by atoms with E-state index < -0.39 is 138 Å². The number of amides is 9. The molecule has 0 unspecified atom stereocenters. The fourth-order valence-corrected chi connectivity index (χ4v) is 12.3. The number of imide groups is 1. The molecule has 0 saturated carbocycles. The van der Waals surface area contributed by atoms with Crippen LogP contribution in [0.4, 0.5) is 10.5 Å². The molecule has 0 bridgehead atoms. The Kier molecular flexibility index (Phi) is 52.0. The van der Waals surface area contributed by atoms with Crippen LogP contribution < -0.4 is 42.0 Å². The minimum Gasteiger partial charge on any atom is -0.479 e. The van der Waals surface area contributed by atoms with Crippen molar-refractivity contribution in [3.8, 4) is 5.75 Å². The van der Waals surface area contributed by atoms with E-state index in [1.807, 2.05) is 13.8 Å². The third-order valence-electron chi connectivity index (χ3n) is 19.4. The maximum Gasteiger partial charge on any atom is 0.411 e. The lowest BCUT2D eigenvalue weighted by molar-refractivity contribution is -0.271. The molecule has 1 fully saturated rings. The van der Waals surface area contributed by atoms with Crippen LogP contribution in [-0.2, 0) is 133 Å². The summed E-state index contributed by atoms with van der Waals surface area (Å²) < 4.78 is 82.3. The quantitative estimate of drug-likeness (QED) is 0.0250. The van der Waals surface area contributed by atoms with Crippen LogP contribution in [0.5, 0.6) is 5.75 Å². The number of benzene rings is 2. The van der Waals surface area contributed by atoms with E-state index in [1.54, 1.807) is 80.1 Å². The Morgan fingerprint density at radius 3 is 1.59 bits per heavy atom. The van der Waals surface area contributed by atoms with Gasteiger partial charge in [-0.3, -0.25) is 48.6 Å². The average Bonchev–Trinajstić information content (AvgIpc) is 0.868. The Morgan fingerprint density at radius 2 is 1.10 bits per heavy atom. The summed E-state index contributed by atoms with van der Waals surface area (Å²) in [6.07, 6.45) is -6.42. The van der Waals surface area contributed by atoms with Gasteiger partial charge >= 0.3 is 18.0 Å². The predicted molar refractivity (Wildman–Crippen MR) is 446 cm³/mol. The van der Waals surface area contributed by atoms with Gasteiger partial charge in [-0.25, -0.2) is 14.4 Å². The summed E-state index contributed by atoms with van der Waals surface area (Å²) in [6.45, 7) is 21.8. The van der Waals surface area contributed by atoms with Crippen molar-refractivity contribution in [3.63, 3.8) is 0 Å². The lowest BCUT2D eigenvalue weighted by atomic mass is 9.76. The predicted octanol–water partition coefficient (Wildman–Crippen LogP) is 1.04. The van der Waals surface area contributed by atoms with Crippen molar-refractivity contribution in [2.75, 3.05) is 198 Å². The van der Waals surface area contributed by atoms with Crippen LogP contribution in [0, 0.1) is 11.3 Å². The average molecular weight is 1770 g/mol. The molecule has 2 aromatic rings. The summed E-state index contributed by atoms with van der Waals surface area (Å²) in [7, 11) is 4.78. The first kappa shape index (κ1) is 108. The molecule has 0 spiro atoms. The number of likely N-dealkylation sites (N-methyl/N-ethyl adjacent to an activating group) is 2. The van der Waals surface area contributed by atoms with Gasteiger partial charge in [0.15, 0.2) is 6.10 Å². The van der Waals surface area contributed by atoms with Gasteiger partial charge in [-0.2, -0.15) is 0 Å². The van der Waals surface area contributed by atoms with Crippen molar-refractivity contribution in [3.05, 3.63) is 83.0 Å². The number of nitrogens with zero attached hydrogens (tertiary/aromatic N) is 2. The number of aliphatic hydroxyl groups excluding tert-OH is 3. The summed E-state index contributed by atoms with van der Waals surface area (Å²) >= 11 is 0. The van der Waals surface area contributed by atoms with Gasteiger partial charge in [0, 0.05) is 94.0 Å². The molecule has 2 aliphatic heterocycles. The van der Waals surface area contributed by atoms with E-state index in [4.69, 9.17) is 71.1 Å². The Labute approximate surface area is 724 Å². The Hall–Kier alpha value is -8.79. The molecule has 9 atom stereocenters. The first-order chi connectivity index (χ1) is 59.2. The van der Waals surface area contributed by atoms with Crippen molar-refractivity contribution >= 4 is 71.0 Å². The second-order valence-electron chi connectivity index (χ2n) is 30.9. The molecule has 0 radical (unpaired) electrons. The third kappa shape index (κ3) is 41.6. The first-order valence-corrected chi connectivity index (χ1v) is 41.6. The molecule has 0 aliphatic carbocycles. The minimum absolute atomic E-state index is 0.0113. The minimum atomic E-state index is -2.05. The summed E-state index contributed by atoms with van der Waals surface area (Å²) in [5.41, 5.74) is -0.468. The number of rotatable bonds is 67. The maximum atomic E-state index is 14.4. The highest BCUT2D eigenvalue weighted by Crippen LogP contribution is 2.33. The fraction of sp³-hybridized carbons (Fsp3) is 0.679. The number of nitrogens with one attached hydrogen (secondary N) is 7. The van der Waals surface area contributed by atoms with Crippen molar-refractivity contribution < 1.29 is 149 Å². The zero-order chi connectivity index (χ0) is 91.4. The Balaban J connectivity index is 1.25. The molecule has 2 aliphatic rings. The summed E-state index contributed by atoms with van der Waals surface area (Å²) in [5, 5.41) is 70.5. The number of ether oxygens (including phenoxy) is 15. The summed E-state index contributed by atoms with van der Waals surface area (Å²) in [4.78, 5) is 146. The topological polar surface area (TPSA) is 518 Å². The highest BCUT2D eigenvalue weighted by Gasteiger charge is 2.49. The van der Waals surface area contributed by atoms with Gasteiger partial charge in [-0.05, 0) is 73.5 Å². The molecule has 12 N–H and O–H groups in total. The summed E-state index contributed by atoms with van der Waals surface area (Å²) in [5.74, 6) is -7.42. The van der Waals surface area contributed by atoms with Gasteiger partial charge in [-0.15, -0.1) is 0 Å². The molecule has 2 heterocycles. The normalized spacial score (nSPS) is 17.1. The zero-order valence-electron chi connectivity index (χ0n) is 73.3. The maximum absolute atomic E-state index is 14.4. The molecule has 124 heavy (non-hydrogen) atoms. The van der Waals surface area contributed by atoms with Crippen LogP contribution in [0.1, 0.15) is 111 Å². The molecule has 40 nitrogen and oxygen atoms in total. The molecule has 40 heteroatoms. The van der Waals surface area contributed by atoms with Gasteiger partial charge in [0.2, 0.25) is 41.7 Å². The van der Waals surface area contributed by atoms with Gasteiger partial charge in [0.1, 0.15) is 42.8 Å². The van der Waals surface area contributed by atoms with Crippen molar-refractivity contribution in [1.82, 2.24) is 41.7 Å². The largest absolute Gasteiger partial charge is 0.479 e. The van der Waals surface area contributed by atoms with E-state index in [2.05, 4.69) is 37.2 Å². The standard InChI is InChI=1S/C84H133N9O31/c1-56(2)63(50-57(3)79(105)106)92(10)78(104)75(83(4,5)6)91-77(103)74(85-9)84(7,8)60-16-15-17-61(52-60)89-82(109)122-55-58-19-20-64(123-81-72(101)70(99)71(100)73(124-81)80(107)108)59(51-58)53-87-65(94)23-25-86-76(102)62(90-67(96)18-13-12-14-26-93-68(97)21-22-69(93)98)54-88-66(95)24-27-111-30-31-113-34-35-115-38-39-117-42-43-119-46-47-121-49-48-120-45-44-118-41-40-116-37-36-114-33-32-112-29-28-110-11/h15-17,19-22,50-52,56,62-63,70-75,81,85,99-101H,12-14,18,23-49,53-55H2,1-11H3,(H,86,102)(H,87,94)(H,88,95)(H,89,109)(H,90,96)(H,91,103)(H,105,106)(H,107,108)/b57-50+/t62-,63+,70-,71-,72+,73-,74+,75+,81+/m0/s1. The molecule has 2 aromatic carbocycles. The zero-order valence-corrected chi connectivity index (χ0v) is 73.3. The first-order valence-electron chi connectivity index (χ1n) is 41.6. The van der Waals surface area contributed by atoms with Crippen molar-refractivity contribution in [1.29, 1.82) is 0 Å². The number of hydrogen-bond acceptors (Lipinski definition) is 30. The number of anilines is 1. The molecule has 0 aromatic heterocycles. The number of unbranched alkanes of at least 4 members (excludes halogenated alkanes) is 2. The van der Waals surface area contributed by atoms with E-state index in [0.29, 0.717) is 156 Å². The van der Waals surface area contributed by atoms with E-state index in [0.717, 1.165) is 4.90 Å². The Bertz CT molecular complexity index is 3620. The monoisotopic (exact) mass is 1760 g/mol. The molecular weight excluding hydrogens is 1630 g/mol. The molecule has 4 rings (SSSR count). The second kappa shape index (κ2) is 60.0. The van der Waals surface area contributed by atoms with Crippen LogP contribution in [0.3, 0.4) is 0 Å². The van der Waals surface area contributed by atoms with Crippen LogP contribution in [0.25, 0.3) is 0 Å². The SMILES string of the molecule is CN[C@H](C(=O)N[C@H](C(=O)N(C)[C@H](/C=C(\C)C(=O)O)C(C)C)C(C)(C)C)C(C)(C)c1cccc(NC(=O)OCc2ccc(O[C@@H]3O[C@H](C(=O)O)[C@@H](O)[C@H](O)[C@H]3O)c(CNC(=O)CCNC(=O)[C@H](CNC(=O)CCOCCOCCOCCOCCOCCOCCOCCOCCOCCOCCOCCOC)NC(=O)CCCCCN3C(=O)C=CC3=O)c2)c1. The molecule has 1 saturated heterocycles. The number of carboxylic acid groups (broad SMARTS) is 2. The Morgan fingerprint density at radius 1 is 0.581 bits per heavy atom. The van der Waals surface area contributed by atoms with Crippen LogP contribution in [0.2, 0.25) is 0 Å². The van der Waals surface area contributed by atoms with Gasteiger partial charge in [0.05, 0.1) is 164 Å². The number of carboxylic acids is 2. The molecule has 9 amide bonds.